The molecule has 0 saturated carbocycles. The first-order valence-corrected chi connectivity index (χ1v) is 8.06. The summed E-state index contributed by atoms with van der Waals surface area (Å²) in [4.78, 5) is 15.3. The van der Waals surface area contributed by atoms with Crippen molar-refractivity contribution in [2.24, 2.45) is 5.73 Å². The molecule has 23 heavy (non-hydrogen) atoms. The Morgan fingerprint density at radius 2 is 1.57 bits per heavy atom. The summed E-state index contributed by atoms with van der Waals surface area (Å²) in [6, 6.07) is 20.3. The Hall–Kier alpha value is -2.55. The first-order valence-electron chi connectivity index (χ1n) is 8.06. The molecule has 1 amide bonds. The van der Waals surface area contributed by atoms with E-state index in [0.717, 1.165) is 30.5 Å². The van der Waals surface area contributed by atoms with E-state index in [1.165, 1.54) is 6.20 Å². The van der Waals surface area contributed by atoms with Crippen LogP contribution >= 0.6 is 0 Å². The molecule has 2 aromatic rings. The van der Waals surface area contributed by atoms with Gasteiger partial charge in [-0.25, -0.2) is 0 Å². The molecule has 2 aromatic carbocycles. The van der Waals surface area contributed by atoms with Gasteiger partial charge in [0.05, 0.1) is 5.41 Å². The first kappa shape index (κ1) is 15.3. The Bertz CT molecular complexity index is 640. The number of likely N-dealkylation sites (tertiary alicyclic amines) is 1. The Morgan fingerprint density at radius 3 is 2.09 bits per heavy atom. The van der Waals surface area contributed by atoms with E-state index in [2.05, 4.69) is 24.3 Å². The molecule has 1 aliphatic heterocycles. The smallest absolute Gasteiger partial charge is 0.237 e. The average Bonchev–Trinajstić information content (AvgIpc) is 2.62. The molecule has 1 aliphatic rings. The van der Waals surface area contributed by atoms with Crippen LogP contribution in [0.5, 0.6) is 0 Å². The van der Waals surface area contributed by atoms with Crippen LogP contribution in [0.25, 0.3) is 0 Å². The zero-order chi connectivity index (χ0) is 16.1. The Kier molecular flexibility index (Phi) is 4.47. The van der Waals surface area contributed by atoms with Crippen LogP contribution < -0.4 is 5.73 Å². The molecular weight excluding hydrogens is 284 g/mol. The van der Waals surface area contributed by atoms with E-state index in [-0.39, 0.29) is 5.91 Å². The highest BCUT2D eigenvalue weighted by molar-refractivity contribution is 5.93. The third kappa shape index (κ3) is 2.74. The average molecular weight is 306 g/mol. The number of nitrogens with zero attached hydrogens (tertiary/aromatic N) is 1. The molecule has 0 atom stereocenters. The number of rotatable bonds is 4. The minimum Gasteiger partial charge on any atom is -0.405 e. The normalized spacial score (nSPS) is 17.6. The lowest BCUT2D eigenvalue weighted by Crippen LogP contribution is -2.52. The maximum atomic E-state index is 13.4. The van der Waals surface area contributed by atoms with Gasteiger partial charge in [-0.3, -0.25) is 4.79 Å². The van der Waals surface area contributed by atoms with Crippen molar-refractivity contribution >= 4 is 5.91 Å². The molecular formula is C20H22N2O. The molecule has 118 valence electrons. The molecule has 0 unspecified atom stereocenters. The van der Waals surface area contributed by atoms with Crippen LogP contribution in [0.3, 0.4) is 0 Å². The van der Waals surface area contributed by atoms with Gasteiger partial charge in [-0.15, -0.1) is 0 Å². The molecule has 0 spiro atoms. The van der Waals surface area contributed by atoms with E-state index in [9.17, 15) is 4.79 Å². The zero-order valence-electron chi connectivity index (χ0n) is 13.2. The van der Waals surface area contributed by atoms with Crippen LogP contribution in [-0.2, 0) is 10.2 Å². The van der Waals surface area contributed by atoms with E-state index >= 15 is 0 Å². The number of piperidine rings is 1. The molecule has 1 fully saturated rings. The van der Waals surface area contributed by atoms with Crippen molar-refractivity contribution in [2.75, 3.05) is 13.1 Å². The van der Waals surface area contributed by atoms with Crippen molar-refractivity contribution in [1.29, 1.82) is 0 Å². The van der Waals surface area contributed by atoms with E-state index in [1.54, 1.807) is 0 Å². The maximum absolute atomic E-state index is 13.4. The van der Waals surface area contributed by atoms with Gasteiger partial charge in [0.15, 0.2) is 0 Å². The van der Waals surface area contributed by atoms with Gasteiger partial charge in [0.1, 0.15) is 0 Å². The molecule has 1 heterocycles. The molecule has 3 nitrogen and oxygen atoms in total. The van der Waals surface area contributed by atoms with Gasteiger partial charge in [0.25, 0.3) is 0 Å². The van der Waals surface area contributed by atoms with E-state index in [0.29, 0.717) is 6.54 Å². The monoisotopic (exact) mass is 306 g/mol. The summed E-state index contributed by atoms with van der Waals surface area (Å²) in [7, 11) is 0. The topological polar surface area (TPSA) is 46.3 Å². The van der Waals surface area contributed by atoms with Crippen molar-refractivity contribution < 1.29 is 4.79 Å². The fraction of sp³-hybridized carbons (Fsp3) is 0.250. The fourth-order valence-corrected chi connectivity index (χ4v) is 3.52. The molecule has 0 aliphatic carbocycles. The van der Waals surface area contributed by atoms with Crippen LogP contribution in [0.4, 0.5) is 0 Å². The summed E-state index contributed by atoms with van der Waals surface area (Å²) in [5.74, 6) is 0.166. The van der Waals surface area contributed by atoms with Crippen LogP contribution in [0, 0.1) is 0 Å². The minimum atomic E-state index is -0.594. The number of carbonyl (C=O) groups excluding carboxylic acids is 1. The van der Waals surface area contributed by atoms with Crippen LogP contribution in [0.1, 0.15) is 24.0 Å². The zero-order valence-corrected chi connectivity index (χ0v) is 13.2. The van der Waals surface area contributed by atoms with Gasteiger partial charge in [-0.05, 0) is 36.2 Å². The lowest BCUT2D eigenvalue weighted by atomic mass is 9.68. The maximum Gasteiger partial charge on any atom is 0.237 e. The van der Waals surface area contributed by atoms with Crippen molar-refractivity contribution in [1.82, 2.24) is 4.90 Å². The van der Waals surface area contributed by atoms with Crippen molar-refractivity contribution in [3.8, 4) is 0 Å². The van der Waals surface area contributed by atoms with Crippen LogP contribution in [-0.4, -0.2) is 23.9 Å². The molecule has 1 saturated heterocycles. The predicted octanol–water partition coefficient (Wildman–Crippen LogP) is 3.07. The summed E-state index contributed by atoms with van der Waals surface area (Å²) in [6.45, 7) is 1.35. The molecule has 0 bridgehead atoms. The van der Waals surface area contributed by atoms with Crippen molar-refractivity contribution in [2.45, 2.75) is 18.3 Å². The second-order valence-electron chi connectivity index (χ2n) is 5.92. The Labute approximate surface area is 137 Å². The number of hydrogen-bond donors (Lipinski definition) is 1. The van der Waals surface area contributed by atoms with E-state index in [1.807, 2.05) is 47.4 Å². The van der Waals surface area contributed by atoms with Crippen LogP contribution in [0.15, 0.2) is 72.9 Å². The second kappa shape index (κ2) is 6.69. The third-order valence-corrected chi connectivity index (χ3v) is 4.63. The van der Waals surface area contributed by atoms with Gasteiger partial charge < -0.3 is 10.6 Å². The van der Waals surface area contributed by atoms with Crippen molar-refractivity contribution in [3.05, 3.63) is 84.1 Å². The van der Waals surface area contributed by atoms with Gasteiger partial charge >= 0.3 is 0 Å². The van der Waals surface area contributed by atoms with Gasteiger partial charge in [-0.2, -0.15) is 0 Å². The number of benzene rings is 2. The van der Waals surface area contributed by atoms with Gasteiger partial charge in [-0.1, -0.05) is 60.7 Å². The number of nitrogens with two attached hydrogens (primary N) is 1. The summed E-state index contributed by atoms with van der Waals surface area (Å²) in [5, 5.41) is 0. The largest absolute Gasteiger partial charge is 0.405 e. The fourth-order valence-electron chi connectivity index (χ4n) is 3.52. The van der Waals surface area contributed by atoms with E-state index in [4.69, 9.17) is 5.73 Å². The highest BCUT2D eigenvalue weighted by Crippen LogP contribution is 2.41. The van der Waals surface area contributed by atoms with Crippen LogP contribution in [0.2, 0.25) is 0 Å². The van der Waals surface area contributed by atoms with Gasteiger partial charge in [0.2, 0.25) is 5.91 Å². The number of carbonyl (C=O) groups is 1. The quantitative estimate of drug-likeness (QED) is 0.943. The minimum absolute atomic E-state index is 0.166. The van der Waals surface area contributed by atoms with E-state index < -0.39 is 5.41 Å². The second-order valence-corrected chi connectivity index (χ2v) is 5.92. The molecule has 2 N–H and O–H groups in total. The molecule has 0 radical (unpaired) electrons. The number of hydrogen-bond acceptors (Lipinski definition) is 2. The van der Waals surface area contributed by atoms with Crippen molar-refractivity contribution in [3.63, 3.8) is 0 Å². The number of amides is 1. The SMILES string of the molecule is NC=CCN1CCCC(c2ccccc2)(c2ccccc2)C1=O. The Balaban J connectivity index is 2.11. The van der Waals surface area contributed by atoms with Gasteiger partial charge in [0, 0.05) is 13.1 Å². The lowest BCUT2D eigenvalue weighted by Gasteiger charge is -2.42. The molecule has 3 heteroatoms. The highest BCUT2D eigenvalue weighted by atomic mass is 16.2. The third-order valence-electron chi connectivity index (χ3n) is 4.63. The summed E-state index contributed by atoms with van der Waals surface area (Å²) < 4.78 is 0. The summed E-state index contributed by atoms with van der Waals surface area (Å²) in [5.41, 5.74) is 7.00. The highest BCUT2D eigenvalue weighted by Gasteiger charge is 2.46. The molecule has 3 rings (SSSR count). The predicted molar refractivity (Wildman–Crippen MR) is 92.8 cm³/mol. The molecule has 0 aromatic heterocycles. The first-order chi connectivity index (χ1) is 11.3. The Morgan fingerprint density at radius 1 is 1.00 bits per heavy atom. The summed E-state index contributed by atoms with van der Waals surface area (Å²) >= 11 is 0. The lowest BCUT2D eigenvalue weighted by molar-refractivity contribution is -0.138. The standard InChI is InChI=1S/C20H22N2O/c21-14-8-16-22-15-7-13-20(19(22)23,17-9-3-1-4-10-17)18-11-5-2-6-12-18/h1-6,8-12,14H,7,13,15-16,21H2. The summed E-state index contributed by atoms with van der Waals surface area (Å²) in [6.07, 6.45) is 5.16.